The van der Waals surface area contributed by atoms with Gasteiger partial charge in [0.25, 0.3) is 0 Å². The zero-order valence-corrected chi connectivity index (χ0v) is 12.0. The fraction of sp³-hybridized carbons (Fsp3) is 0.333. The molecule has 5 nitrogen and oxygen atoms in total. The zero-order chi connectivity index (χ0) is 15.4. The molecule has 0 aliphatic rings. The lowest BCUT2D eigenvalue weighted by atomic mass is 10.1. The van der Waals surface area contributed by atoms with E-state index in [1.807, 2.05) is 6.92 Å². The quantitative estimate of drug-likeness (QED) is 0.858. The van der Waals surface area contributed by atoms with Gasteiger partial charge in [-0.15, -0.1) is 0 Å². The first kappa shape index (κ1) is 15.0. The van der Waals surface area contributed by atoms with Crippen LogP contribution in [0.25, 0.3) is 0 Å². The Morgan fingerprint density at radius 3 is 2.86 bits per heavy atom. The first-order chi connectivity index (χ1) is 10.0. The number of nitrogens with one attached hydrogen (secondary N) is 1. The topological polar surface area (TPSA) is 67.2 Å². The third kappa shape index (κ3) is 3.59. The van der Waals surface area contributed by atoms with E-state index in [2.05, 4.69) is 10.3 Å². The maximum atomic E-state index is 13.4. The van der Waals surface area contributed by atoms with Gasteiger partial charge in [0.1, 0.15) is 5.82 Å². The van der Waals surface area contributed by atoms with Crippen LogP contribution < -0.4 is 5.32 Å². The van der Waals surface area contributed by atoms with E-state index in [1.165, 1.54) is 18.3 Å². The summed E-state index contributed by atoms with van der Waals surface area (Å²) >= 11 is 0. The summed E-state index contributed by atoms with van der Waals surface area (Å²) < 4.78 is 15.2. The van der Waals surface area contributed by atoms with E-state index in [0.29, 0.717) is 17.9 Å². The van der Waals surface area contributed by atoms with E-state index < -0.39 is 17.8 Å². The van der Waals surface area contributed by atoms with Crippen LogP contribution in [0.5, 0.6) is 0 Å². The molecule has 1 aromatic carbocycles. The van der Waals surface area contributed by atoms with Crippen LogP contribution >= 0.6 is 0 Å². The Morgan fingerprint density at radius 1 is 1.48 bits per heavy atom. The number of aliphatic carboxylic acids is 1. The van der Waals surface area contributed by atoms with Gasteiger partial charge >= 0.3 is 5.97 Å². The molecule has 2 aromatic rings. The molecule has 1 heterocycles. The number of anilines is 1. The first-order valence-corrected chi connectivity index (χ1v) is 6.78. The number of hydrogen-bond donors (Lipinski definition) is 2. The molecular formula is C15H18FN3O2. The molecule has 0 saturated carbocycles. The minimum Gasteiger partial charge on any atom is -0.479 e. The number of hydrogen-bond acceptors (Lipinski definition) is 3. The number of aryl methyl sites for hydroxylation is 2. The third-order valence-electron chi connectivity index (χ3n) is 3.10. The Morgan fingerprint density at radius 2 is 2.24 bits per heavy atom. The number of rotatable bonds is 6. The van der Waals surface area contributed by atoms with Gasteiger partial charge < -0.3 is 15.0 Å². The van der Waals surface area contributed by atoms with E-state index in [0.717, 1.165) is 12.0 Å². The lowest BCUT2D eigenvalue weighted by Crippen LogP contribution is -2.23. The van der Waals surface area contributed by atoms with E-state index in [1.54, 1.807) is 23.9 Å². The summed E-state index contributed by atoms with van der Waals surface area (Å²) in [5.41, 5.74) is 1.71. The van der Waals surface area contributed by atoms with E-state index >= 15 is 0 Å². The minimum absolute atomic E-state index is 0.399. The molecule has 6 heteroatoms. The summed E-state index contributed by atoms with van der Waals surface area (Å²) in [6.45, 7) is 4.44. The van der Waals surface area contributed by atoms with Crippen molar-refractivity contribution < 1.29 is 14.3 Å². The molecule has 0 radical (unpaired) electrons. The van der Waals surface area contributed by atoms with Crippen LogP contribution in [0, 0.1) is 12.7 Å². The highest BCUT2D eigenvalue weighted by Crippen LogP contribution is 2.22. The Labute approximate surface area is 122 Å². The van der Waals surface area contributed by atoms with Crippen LogP contribution in [-0.4, -0.2) is 20.6 Å². The van der Waals surface area contributed by atoms with Crippen LogP contribution in [0.1, 0.15) is 30.6 Å². The average Bonchev–Trinajstić information content (AvgIpc) is 2.83. The number of carbonyl (C=O) groups is 1. The number of halogens is 1. The molecule has 0 saturated heterocycles. The van der Waals surface area contributed by atoms with Gasteiger partial charge in [0, 0.05) is 12.2 Å². The molecule has 112 valence electrons. The second kappa shape index (κ2) is 6.39. The zero-order valence-electron chi connectivity index (χ0n) is 12.0. The number of aromatic nitrogens is 2. The minimum atomic E-state index is -1.03. The highest BCUT2D eigenvalue weighted by Gasteiger charge is 2.23. The summed E-state index contributed by atoms with van der Waals surface area (Å²) in [6.07, 6.45) is 4.00. The molecule has 0 bridgehead atoms. The summed E-state index contributed by atoms with van der Waals surface area (Å²) in [4.78, 5) is 15.5. The van der Waals surface area contributed by atoms with Crippen molar-refractivity contribution in [1.82, 2.24) is 9.55 Å². The maximum absolute atomic E-state index is 13.4. The van der Waals surface area contributed by atoms with E-state index in [-0.39, 0.29) is 0 Å². The number of carboxylic acids is 1. The number of nitrogens with zero attached hydrogens (tertiary/aromatic N) is 2. The smallest absolute Gasteiger partial charge is 0.332 e. The summed E-state index contributed by atoms with van der Waals surface area (Å²) in [5.74, 6) is -1.43. The standard InChI is InChI=1S/C15H18FN3O2/c1-3-4-19-9-17-8-13(19)14(15(20)21)18-12-6-10(2)5-11(16)7-12/h5-9,14,18H,3-4H2,1-2H3,(H,20,21). The highest BCUT2D eigenvalue weighted by molar-refractivity contribution is 5.78. The highest BCUT2D eigenvalue weighted by atomic mass is 19.1. The van der Waals surface area contributed by atoms with E-state index in [4.69, 9.17) is 0 Å². The molecule has 2 N–H and O–H groups in total. The molecule has 21 heavy (non-hydrogen) atoms. The Kier molecular flexibility index (Phi) is 4.57. The monoisotopic (exact) mass is 291 g/mol. The van der Waals surface area contributed by atoms with Crippen LogP contribution in [-0.2, 0) is 11.3 Å². The normalized spacial score (nSPS) is 12.1. The van der Waals surface area contributed by atoms with Crippen molar-refractivity contribution in [2.45, 2.75) is 32.9 Å². The van der Waals surface area contributed by atoms with Gasteiger partial charge in [-0.3, -0.25) is 0 Å². The Balaban J connectivity index is 2.31. The Hall–Kier alpha value is -2.37. The average molecular weight is 291 g/mol. The van der Waals surface area contributed by atoms with Crippen LogP contribution in [0.15, 0.2) is 30.7 Å². The van der Waals surface area contributed by atoms with Gasteiger partial charge in [-0.1, -0.05) is 6.92 Å². The van der Waals surface area contributed by atoms with Crippen molar-refractivity contribution in [3.63, 3.8) is 0 Å². The van der Waals surface area contributed by atoms with Crippen molar-refractivity contribution in [2.75, 3.05) is 5.32 Å². The first-order valence-electron chi connectivity index (χ1n) is 6.78. The van der Waals surface area contributed by atoms with Crippen LogP contribution in [0.4, 0.5) is 10.1 Å². The molecule has 0 spiro atoms. The van der Waals surface area contributed by atoms with Crippen molar-refractivity contribution in [3.8, 4) is 0 Å². The van der Waals surface area contributed by atoms with Gasteiger partial charge in [-0.25, -0.2) is 14.2 Å². The molecule has 0 aliphatic heterocycles. The largest absolute Gasteiger partial charge is 0.479 e. The van der Waals surface area contributed by atoms with E-state index in [9.17, 15) is 14.3 Å². The summed E-state index contributed by atoms with van der Waals surface area (Å²) in [5, 5.41) is 12.3. The summed E-state index contributed by atoms with van der Waals surface area (Å²) in [6, 6.07) is 3.41. The SMILES string of the molecule is CCCn1cncc1C(Nc1cc(C)cc(F)c1)C(=O)O. The molecular weight excluding hydrogens is 273 g/mol. The molecule has 0 fully saturated rings. The number of imidazole rings is 1. The lowest BCUT2D eigenvalue weighted by molar-refractivity contribution is -0.138. The molecule has 1 aromatic heterocycles. The number of carboxylic acid groups (broad SMARTS) is 1. The fourth-order valence-corrected chi connectivity index (χ4v) is 2.25. The van der Waals surface area contributed by atoms with Gasteiger partial charge in [0.2, 0.25) is 0 Å². The fourth-order valence-electron chi connectivity index (χ4n) is 2.25. The third-order valence-corrected chi connectivity index (χ3v) is 3.10. The molecule has 1 atom stereocenters. The second-order valence-electron chi connectivity index (χ2n) is 4.94. The molecule has 0 amide bonds. The number of benzene rings is 1. The lowest BCUT2D eigenvalue weighted by Gasteiger charge is -2.18. The molecule has 2 rings (SSSR count). The Bertz CT molecular complexity index is 619. The van der Waals surface area contributed by atoms with Gasteiger partial charge in [0.05, 0.1) is 18.2 Å². The molecule has 1 unspecified atom stereocenters. The van der Waals surface area contributed by atoms with Crippen molar-refractivity contribution in [3.05, 3.63) is 47.8 Å². The van der Waals surface area contributed by atoms with Crippen molar-refractivity contribution in [2.24, 2.45) is 0 Å². The summed E-state index contributed by atoms with van der Waals surface area (Å²) in [7, 11) is 0. The molecule has 0 aliphatic carbocycles. The second-order valence-corrected chi connectivity index (χ2v) is 4.94. The van der Waals surface area contributed by atoms with Gasteiger partial charge in [-0.05, 0) is 37.1 Å². The van der Waals surface area contributed by atoms with Crippen LogP contribution in [0.2, 0.25) is 0 Å². The van der Waals surface area contributed by atoms with Gasteiger partial charge in [0.15, 0.2) is 6.04 Å². The maximum Gasteiger partial charge on any atom is 0.332 e. The van der Waals surface area contributed by atoms with Gasteiger partial charge in [-0.2, -0.15) is 0 Å². The van der Waals surface area contributed by atoms with Crippen molar-refractivity contribution in [1.29, 1.82) is 0 Å². The predicted molar refractivity (Wildman–Crippen MR) is 77.7 cm³/mol. The van der Waals surface area contributed by atoms with Crippen molar-refractivity contribution >= 4 is 11.7 Å². The predicted octanol–water partition coefficient (Wildman–Crippen LogP) is 2.98. The van der Waals surface area contributed by atoms with Crippen LogP contribution in [0.3, 0.4) is 0 Å².